The zero-order valence-electron chi connectivity index (χ0n) is 10.6. The molecule has 1 heterocycles. The first-order valence-electron chi connectivity index (χ1n) is 6.27. The topological polar surface area (TPSA) is 49.8 Å². The summed E-state index contributed by atoms with van der Waals surface area (Å²) in [5.41, 5.74) is 1.20. The number of hydrogen-bond acceptors (Lipinski definition) is 3. The smallest absolute Gasteiger partial charge is 0.307 e. The van der Waals surface area contributed by atoms with Crippen LogP contribution in [-0.4, -0.2) is 36.2 Å². The van der Waals surface area contributed by atoms with Crippen molar-refractivity contribution >= 4 is 5.97 Å². The number of carboxylic acids is 1. The molecule has 1 aliphatic heterocycles. The molecule has 1 N–H and O–H groups in total. The maximum Gasteiger partial charge on any atom is 0.307 e. The molecule has 1 aromatic rings. The molecule has 0 bridgehead atoms. The predicted molar refractivity (Wildman–Crippen MR) is 68.6 cm³/mol. The van der Waals surface area contributed by atoms with Crippen LogP contribution in [-0.2, 0) is 11.3 Å². The molecule has 18 heavy (non-hydrogen) atoms. The fourth-order valence-electron chi connectivity index (χ4n) is 2.39. The first kappa shape index (κ1) is 12.9. The number of benzene rings is 1. The summed E-state index contributed by atoms with van der Waals surface area (Å²) in [7, 11) is 1.65. The predicted octanol–water partition coefficient (Wildman–Crippen LogP) is 1.99. The van der Waals surface area contributed by atoms with Gasteiger partial charge in [-0.1, -0.05) is 12.1 Å². The van der Waals surface area contributed by atoms with Crippen molar-refractivity contribution < 1.29 is 14.6 Å². The van der Waals surface area contributed by atoms with Crippen LogP contribution < -0.4 is 4.74 Å². The fraction of sp³-hybridized carbons (Fsp3) is 0.500. The van der Waals surface area contributed by atoms with Gasteiger partial charge in [-0.25, -0.2) is 0 Å². The molecule has 0 aliphatic carbocycles. The Balaban J connectivity index is 1.93. The van der Waals surface area contributed by atoms with Gasteiger partial charge in [-0.2, -0.15) is 0 Å². The number of methoxy groups -OCH3 is 1. The molecule has 1 aliphatic rings. The average Bonchev–Trinajstić information content (AvgIpc) is 2.40. The Bertz CT molecular complexity index is 402. The number of likely N-dealkylation sites (tertiary alicyclic amines) is 1. The molecule has 1 aromatic carbocycles. The molecule has 0 aromatic heterocycles. The first-order chi connectivity index (χ1) is 8.69. The Morgan fingerprint density at radius 1 is 1.44 bits per heavy atom. The Kier molecular flexibility index (Phi) is 4.20. The van der Waals surface area contributed by atoms with E-state index < -0.39 is 5.97 Å². The minimum Gasteiger partial charge on any atom is -0.497 e. The van der Waals surface area contributed by atoms with Crippen molar-refractivity contribution in [1.29, 1.82) is 0 Å². The Morgan fingerprint density at radius 2 is 2.17 bits per heavy atom. The van der Waals surface area contributed by atoms with Crippen LogP contribution in [0.5, 0.6) is 5.75 Å². The summed E-state index contributed by atoms with van der Waals surface area (Å²) in [5.74, 6) is -0.0350. The number of rotatable bonds is 4. The number of carboxylic acid groups (broad SMARTS) is 1. The summed E-state index contributed by atoms with van der Waals surface area (Å²) in [6.07, 6.45) is 1.77. The van der Waals surface area contributed by atoms with Gasteiger partial charge >= 0.3 is 5.97 Å². The summed E-state index contributed by atoms with van der Waals surface area (Å²) < 4.78 is 5.12. The highest BCUT2D eigenvalue weighted by molar-refractivity contribution is 5.70. The molecule has 4 heteroatoms. The second-order valence-corrected chi connectivity index (χ2v) is 4.76. The maximum atomic E-state index is 11.0. The van der Waals surface area contributed by atoms with Gasteiger partial charge < -0.3 is 9.84 Å². The largest absolute Gasteiger partial charge is 0.497 e. The Morgan fingerprint density at radius 3 is 2.78 bits per heavy atom. The van der Waals surface area contributed by atoms with Crippen molar-refractivity contribution in [3.05, 3.63) is 29.8 Å². The molecule has 0 amide bonds. The van der Waals surface area contributed by atoms with Crippen LogP contribution in [0.3, 0.4) is 0 Å². The van der Waals surface area contributed by atoms with E-state index in [1.807, 2.05) is 24.3 Å². The highest BCUT2D eigenvalue weighted by atomic mass is 16.5. The monoisotopic (exact) mass is 249 g/mol. The standard InChI is InChI=1S/C14H19NO3/c1-18-13-6-4-11(5-7-13)9-15-8-2-3-12(10-15)14(16)17/h4-7,12H,2-3,8-10H2,1H3,(H,16,17)/t12-/m1/s1. The first-order valence-corrected chi connectivity index (χ1v) is 6.27. The Labute approximate surface area is 107 Å². The van der Waals surface area contributed by atoms with Gasteiger partial charge in [0.1, 0.15) is 5.75 Å². The zero-order chi connectivity index (χ0) is 13.0. The molecule has 98 valence electrons. The van der Waals surface area contributed by atoms with Crippen LogP contribution in [0, 0.1) is 5.92 Å². The van der Waals surface area contributed by atoms with E-state index in [1.165, 1.54) is 5.56 Å². The van der Waals surface area contributed by atoms with Gasteiger partial charge in [0.05, 0.1) is 13.0 Å². The minimum atomic E-state index is -0.672. The molecule has 0 unspecified atom stereocenters. The number of piperidine rings is 1. The number of hydrogen-bond donors (Lipinski definition) is 1. The van der Waals surface area contributed by atoms with E-state index in [9.17, 15) is 4.79 Å². The molecule has 1 fully saturated rings. The highest BCUT2D eigenvalue weighted by Crippen LogP contribution is 2.19. The van der Waals surface area contributed by atoms with Crippen molar-refractivity contribution in [2.24, 2.45) is 5.92 Å². The lowest BCUT2D eigenvalue weighted by atomic mass is 9.98. The molecule has 0 spiro atoms. The van der Waals surface area contributed by atoms with Gasteiger partial charge in [-0.15, -0.1) is 0 Å². The SMILES string of the molecule is COc1ccc(CN2CCC[C@@H](C(=O)O)C2)cc1. The second kappa shape index (κ2) is 5.87. The minimum absolute atomic E-state index is 0.211. The van der Waals surface area contributed by atoms with Gasteiger partial charge in [0.15, 0.2) is 0 Å². The van der Waals surface area contributed by atoms with Crippen molar-refractivity contribution in [3.63, 3.8) is 0 Å². The van der Waals surface area contributed by atoms with Crippen LogP contribution in [0.25, 0.3) is 0 Å². The average molecular weight is 249 g/mol. The normalized spacial score (nSPS) is 20.6. The molecule has 0 radical (unpaired) electrons. The fourth-order valence-corrected chi connectivity index (χ4v) is 2.39. The maximum absolute atomic E-state index is 11.0. The van der Waals surface area contributed by atoms with E-state index in [-0.39, 0.29) is 5.92 Å². The van der Waals surface area contributed by atoms with Crippen molar-refractivity contribution in [2.45, 2.75) is 19.4 Å². The van der Waals surface area contributed by atoms with E-state index >= 15 is 0 Å². The molecule has 1 atom stereocenters. The molecule has 1 saturated heterocycles. The molecular formula is C14H19NO3. The van der Waals surface area contributed by atoms with E-state index in [0.717, 1.165) is 31.7 Å². The quantitative estimate of drug-likeness (QED) is 0.886. The van der Waals surface area contributed by atoms with Crippen LogP contribution in [0.4, 0.5) is 0 Å². The van der Waals surface area contributed by atoms with Gasteiger partial charge in [-0.05, 0) is 37.1 Å². The number of carbonyl (C=O) groups is 1. The highest BCUT2D eigenvalue weighted by Gasteiger charge is 2.25. The lowest BCUT2D eigenvalue weighted by molar-refractivity contribution is -0.143. The van der Waals surface area contributed by atoms with Crippen LogP contribution in [0.1, 0.15) is 18.4 Å². The van der Waals surface area contributed by atoms with Crippen molar-refractivity contribution in [2.75, 3.05) is 20.2 Å². The van der Waals surface area contributed by atoms with E-state index in [4.69, 9.17) is 9.84 Å². The summed E-state index contributed by atoms with van der Waals surface area (Å²) >= 11 is 0. The summed E-state index contributed by atoms with van der Waals surface area (Å²) in [5, 5.41) is 9.05. The number of ether oxygens (including phenoxy) is 1. The third-order valence-electron chi connectivity index (χ3n) is 3.42. The van der Waals surface area contributed by atoms with Crippen molar-refractivity contribution in [1.82, 2.24) is 4.90 Å². The second-order valence-electron chi connectivity index (χ2n) is 4.76. The van der Waals surface area contributed by atoms with Gasteiger partial charge in [-0.3, -0.25) is 9.69 Å². The third-order valence-corrected chi connectivity index (χ3v) is 3.42. The van der Waals surface area contributed by atoms with E-state index in [2.05, 4.69) is 4.90 Å². The Hall–Kier alpha value is -1.55. The van der Waals surface area contributed by atoms with Gasteiger partial charge in [0.2, 0.25) is 0 Å². The number of nitrogens with zero attached hydrogens (tertiary/aromatic N) is 1. The lowest BCUT2D eigenvalue weighted by Crippen LogP contribution is -2.38. The lowest BCUT2D eigenvalue weighted by Gasteiger charge is -2.30. The molecule has 0 saturated carbocycles. The third kappa shape index (κ3) is 3.23. The van der Waals surface area contributed by atoms with Crippen LogP contribution in [0.2, 0.25) is 0 Å². The van der Waals surface area contributed by atoms with Gasteiger partial charge in [0, 0.05) is 13.1 Å². The van der Waals surface area contributed by atoms with Crippen molar-refractivity contribution in [3.8, 4) is 5.75 Å². The molecule has 2 rings (SSSR count). The summed E-state index contributed by atoms with van der Waals surface area (Å²) in [4.78, 5) is 13.2. The zero-order valence-corrected chi connectivity index (χ0v) is 10.6. The summed E-state index contributed by atoms with van der Waals surface area (Å²) in [6.45, 7) is 2.45. The van der Waals surface area contributed by atoms with Crippen LogP contribution >= 0.6 is 0 Å². The molecule has 4 nitrogen and oxygen atoms in total. The molecular weight excluding hydrogens is 230 g/mol. The van der Waals surface area contributed by atoms with E-state index in [0.29, 0.717) is 6.54 Å². The van der Waals surface area contributed by atoms with E-state index in [1.54, 1.807) is 7.11 Å². The van der Waals surface area contributed by atoms with Gasteiger partial charge in [0.25, 0.3) is 0 Å². The summed E-state index contributed by atoms with van der Waals surface area (Å²) in [6, 6.07) is 7.94. The number of aliphatic carboxylic acids is 1. The van der Waals surface area contributed by atoms with Crippen LogP contribution in [0.15, 0.2) is 24.3 Å².